The van der Waals surface area contributed by atoms with Gasteiger partial charge in [-0.15, -0.1) is 0 Å². The first-order chi connectivity index (χ1) is 9.78. The van der Waals surface area contributed by atoms with E-state index >= 15 is 0 Å². The molecule has 0 aliphatic rings. The van der Waals surface area contributed by atoms with Crippen molar-refractivity contribution in [2.24, 2.45) is 0 Å². The smallest absolute Gasteiger partial charge is 0.402 e. The average molecular weight is 294 g/mol. The van der Waals surface area contributed by atoms with Crippen LogP contribution in [0.15, 0.2) is 42.5 Å². The number of hydrogen-bond acceptors (Lipinski definition) is 5. The summed E-state index contributed by atoms with van der Waals surface area (Å²) in [6, 6.07) is 8.36. The molecule has 1 unspecified atom stereocenters. The predicted octanol–water partition coefficient (Wildman–Crippen LogP) is 2.38. The minimum absolute atomic E-state index is 0.0969. The zero-order valence-electron chi connectivity index (χ0n) is 12.6. The summed E-state index contributed by atoms with van der Waals surface area (Å²) in [6.07, 6.45) is 0.270. The summed E-state index contributed by atoms with van der Waals surface area (Å²) in [6.45, 7) is 8.23. The van der Waals surface area contributed by atoms with Crippen LogP contribution < -0.4 is 4.74 Å². The Kier molecular flexibility index (Phi) is 5.52. The van der Waals surface area contributed by atoms with Crippen molar-refractivity contribution in [3.63, 3.8) is 0 Å². The van der Waals surface area contributed by atoms with Crippen LogP contribution in [0, 0.1) is 0 Å². The zero-order chi connectivity index (χ0) is 16.1. The standard InChI is InChI=1S/C16H22O5/c1-5-15(18,6-2)16(19,21-14(17)12(3)4)20-13-10-8-7-9-11-13/h7-11,18-19H,3,5-6H2,1-2,4H3. The molecule has 1 aromatic carbocycles. The van der Waals surface area contributed by atoms with E-state index in [1.54, 1.807) is 44.2 Å². The topological polar surface area (TPSA) is 76.0 Å². The molecule has 1 atom stereocenters. The van der Waals surface area contributed by atoms with Crippen LogP contribution in [0.25, 0.3) is 0 Å². The monoisotopic (exact) mass is 294 g/mol. The highest BCUT2D eigenvalue weighted by molar-refractivity contribution is 5.87. The molecule has 116 valence electrons. The highest BCUT2D eigenvalue weighted by atomic mass is 16.8. The van der Waals surface area contributed by atoms with Crippen molar-refractivity contribution in [1.29, 1.82) is 0 Å². The summed E-state index contributed by atoms with van der Waals surface area (Å²) in [4.78, 5) is 11.8. The SMILES string of the molecule is C=C(C)C(=O)OC(O)(Oc1ccccc1)C(O)(CC)CC. The zero-order valence-corrected chi connectivity index (χ0v) is 12.6. The second-order valence-corrected chi connectivity index (χ2v) is 4.91. The molecule has 0 spiro atoms. The van der Waals surface area contributed by atoms with Gasteiger partial charge in [0.2, 0.25) is 0 Å². The van der Waals surface area contributed by atoms with E-state index in [0.717, 1.165) is 0 Å². The minimum atomic E-state index is -2.49. The third kappa shape index (κ3) is 3.83. The van der Waals surface area contributed by atoms with Crippen molar-refractivity contribution in [3.05, 3.63) is 42.5 Å². The van der Waals surface area contributed by atoms with E-state index in [1.165, 1.54) is 6.92 Å². The average Bonchev–Trinajstić information content (AvgIpc) is 2.46. The van der Waals surface area contributed by atoms with Crippen molar-refractivity contribution >= 4 is 5.97 Å². The highest BCUT2D eigenvalue weighted by Crippen LogP contribution is 2.33. The molecule has 5 heteroatoms. The van der Waals surface area contributed by atoms with Gasteiger partial charge in [-0.3, -0.25) is 0 Å². The Morgan fingerprint density at radius 2 is 1.71 bits per heavy atom. The molecule has 2 N–H and O–H groups in total. The molecule has 0 heterocycles. The normalized spacial score (nSPS) is 14.1. The third-order valence-electron chi connectivity index (χ3n) is 3.34. The van der Waals surface area contributed by atoms with Gasteiger partial charge in [0, 0.05) is 5.57 Å². The third-order valence-corrected chi connectivity index (χ3v) is 3.34. The Labute approximate surface area is 124 Å². The van der Waals surface area contributed by atoms with Gasteiger partial charge in [0.15, 0.2) is 5.60 Å². The minimum Gasteiger partial charge on any atom is -0.428 e. The lowest BCUT2D eigenvalue weighted by atomic mass is 9.94. The fraction of sp³-hybridized carbons (Fsp3) is 0.438. The Morgan fingerprint density at radius 3 is 2.14 bits per heavy atom. The number of para-hydroxylation sites is 1. The molecule has 0 aliphatic carbocycles. The number of ether oxygens (including phenoxy) is 2. The molecular formula is C16H22O5. The number of carbonyl (C=O) groups is 1. The van der Waals surface area contributed by atoms with Crippen LogP contribution in [0.2, 0.25) is 0 Å². The van der Waals surface area contributed by atoms with Crippen LogP contribution in [-0.2, 0) is 9.53 Å². The maximum atomic E-state index is 11.8. The van der Waals surface area contributed by atoms with E-state index in [2.05, 4.69) is 6.58 Å². The Balaban J connectivity index is 3.15. The molecule has 0 bridgehead atoms. The van der Waals surface area contributed by atoms with E-state index in [1.807, 2.05) is 0 Å². The molecule has 0 aromatic heterocycles. The fourth-order valence-electron chi connectivity index (χ4n) is 1.77. The van der Waals surface area contributed by atoms with Crippen LogP contribution in [0.4, 0.5) is 0 Å². The molecule has 5 nitrogen and oxygen atoms in total. The van der Waals surface area contributed by atoms with Crippen LogP contribution in [-0.4, -0.2) is 27.8 Å². The lowest BCUT2D eigenvalue weighted by Gasteiger charge is -2.40. The Hall–Kier alpha value is -1.85. The second-order valence-electron chi connectivity index (χ2n) is 4.91. The van der Waals surface area contributed by atoms with Crippen LogP contribution in [0.3, 0.4) is 0 Å². The highest BCUT2D eigenvalue weighted by Gasteiger charge is 2.54. The van der Waals surface area contributed by atoms with Gasteiger partial charge < -0.3 is 19.7 Å². The summed E-state index contributed by atoms with van der Waals surface area (Å²) in [5, 5.41) is 21.2. The molecule has 0 aliphatic heterocycles. The van der Waals surface area contributed by atoms with Crippen LogP contribution in [0.5, 0.6) is 5.75 Å². The largest absolute Gasteiger partial charge is 0.428 e. The lowest BCUT2D eigenvalue weighted by molar-refractivity contribution is -0.376. The number of benzene rings is 1. The van der Waals surface area contributed by atoms with Gasteiger partial charge in [-0.05, 0) is 31.9 Å². The molecule has 21 heavy (non-hydrogen) atoms. The molecular weight excluding hydrogens is 272 g/mol. The van der Waals surface area contributed by atoms with E-state index in [9.17, 15) is 15.0 Å². The number of aliphatic hydroxyl groups is 2. The molecule has 0 saturated heterocycles. The summed E-state index contributed by atoms with van der Waals surface area (Å²) >= 11 is 0. The molecule has 0 radical (unpaired) electrons. The fourth-order valence-corrected chi connectivity index (χ4v) is 1.77. The van der Waals surface area contributed by atoms with Gasteiger partial charge in [0.25, 0.3) is 0 Å². The van der Waals surface area contributed by atoms with Gasteiger partial charge in [-0.1, -0.05) is 38.6 Å². The number of carbonyl (C=O) groups excluding carboxylic acids is 1. The summed E-state index contributed by atoms with van der Waals surface area (Å²) < 4.78 is 10.4. The molecule has 0 saturated carbocycles. The molecule has 1 aromatic rings. The van der Waals surface area contributed by atoms with Crippen molar-refractivity contribution in [1.82, 2.24) is 0 Å². The maximum absolute atomic E-state index is 11.8. The van der Waals surface area contributed by atoms with E-state index in [-0.39, 0.29) is 24.2 Å². The molecule has 0 fully saturated rings. The van der Waals surface area contributed by atoms with Crippen LogP contribution in [0.1, 0.15) is 33.6 Å². The van der Waals surface area contributed by atoms with Crippen molar-refractivity contribution in [2.45, 2.75) is 45.2 Å². The van der Waals surface area contributed by atoms with Gasteiger partial charge in [0.05, 0.1) is 0 Å². The first-order valence-corrected chi connectivity index (χ1v) is 6.85. The Morgan fingerprint density at radius 1 is 1.19 bits per heavy atom. The predicted molar refractivity (Wildman–Crippen MR) is 78.5 cm³/mol. The van der Waals surface area contributed by atoms with E-state index < -0.39 is 17.5 Å². The van der Waals surface area contributed by atoms with Crippen LogP contribution >= 0.6 is 0 Å². The number of esters is 1. The van der Waals surface area contributed by atoms with Gasteiger partial charge in [0.1, 0.15) is 5.75 Å². The van der Waals surface area contributed by atoms with Gasteiger partial charge >= 0.3 is 11.9 Å². The Bertz CT molecular complexity index is 493. The number of rotatable bonds is 7. The van der Waals surface area contributed by atoms with Crippen molar-refractivity contribution in [3.8, 4) is 5.75 Å². The molecule has 1 rings (SSSR count). The second kappa shape index (κ2) is 6.74. The summed E-state index contributed by atoms with van der Waals surface area (Å²) in [5.41, 5.74) is -1.65. The summed E-state index contributed by atoms with van der Waals surface area (Å²) in [5.74, 6) is -3.06. The summed E-state index contributed by atoms with van der Waals surface area (Å²) in [7, 11) is 0. The van der Waals surface area contributed by atoms with E-state index in [4.69, 9.17) is 9.47 Å². The van der Waals surface area contributed by atoms with Gasteiger partial charge in [-0.2, -0.15) is 0 Å². The maximum Gasteiger partial charge on any atom is 0.402 e. The first-order valence-electron chi connectivity index (χ1n) is 6.85. The van der Waals surface area contributed by atoms with E-state index in [0.29, 0.717) is 0 Å². The molecule has 0 amide bonds. The number of hydrogen-bond donors (Lipinski definition) is 2. The lowest BCUT2D eigenvalue weighted by Crippen LogP contribution is -2.60. The van der Waals surface area contributed by atoms with Crippen molar-refractivity contribution < 1.29 is 24.5 Å². The van der Waals surface area contributed by atoms with Gasteiger partial charge in [-0.25, -0.2) is 4.79 Å². The van der Waals surface area contributed by atoms with Crippen molar-refractivity contribution in [2.75, 3.05) is 0 Å². The quantitative estimate of drug-likeness (QED) is 0.459. The first kappa shape index (κ1) is 17.2.